The molecule has 3 rings (SSSR count). The molecule has 4 nitrogen and oxygen atoms in total. The molecule has 0 aliphatic carbocycles. The van der Waals surface area contributed by atoms with Crippen LogP contribution in [0.4, 0.5) is 8.78 Å². The van der Waals surface area contributed by atoms with Gasteiger partial charge in [-0.3, -0.25) is 9.69 Å². The minimum absolute atomic E-state index is 0.119. The van der Waals surface area contributed by atoms with E-state index in [0.717, 1.165) is 5.56 Å². The number of carbonyl (C=O) groups excluding carboxylic acids is 1. The van der Waals surface area contributed by atoms with Gasteiger partial charge >= 0.3 is 0 Å². The van der Waals surface area contributed by atoms with Gasteiger partial charge < -0.3 is 0 Å². The first-order valence-electron chi connectivity index (χ1n) is 8.35. The van der Waals surface area contributed by atoms with Crippen molar-refractivity contribution < 1.29 is 13.6 Å². The SMILES string of the molecule is CC(=O)c1nc(C)ncc1C1CCN(Cc2ccccc2)CC1(F)F. The number of Topliss-reactive ketones (excluding diaryl/α,β-unsaturated/α-hetero) is 1. The van der Waals surface area contributed by atoms with Crippen molar-refractivity contribution in [2.24, 2.45) is 0 Å². The third kappa shape index (κ3) is 3.90. The van der Waals surface area contributed by atoms with Gasteiger partial charge in [-0.15, -0.1) is 0 Å². The zero-order chi connectivity index (χ0) is 18.0. The first-order chi connectivity index (χ1) is 11.9. The van der Waals surface area contributed by atoms with Crippen molar-refractivity contribution in [2.45, 2.75) is 38.7 Å². The Morgan fingerprint density at radius 1 is 1.32 bits per heavy atom. The van der Waals surface area contributed by atoms with Crippen molar-refractivity contribution in [2.75, 3.05) is 13.1 Å². The Balaban J connectivity index is 1.81. The van der Waals surface area contributed by atoms with Crippen molar-refractivity contribution in [3.8, 4) is 0 Å². The van der Waals surface area contributed by atoms with Crippen LogP contribution in [0.1, 0.15) is 46.7 Å². The van der Waals surface area contributed by atoms with Crippen LogP contribution in [0.3, 0.4) is 0 Å². The maximum atomic E-state index is 14.8. The highest BCUT2D eigenvalue weighted by Gasteiger charge is 2.46. The van der Waals surface area contributed by atoms with Gasteiger partial charge in [0.1, 0.15) is 11.5 Å². The summed E-state index contributed by atoms with van der Waals surface area (Å²) in [6.45, 7) is 3.70. The molecule has 0 amide bonds. The van der Waals surface area contributed by atoms with Crippen molar-refractivity contribution in [3.63, 3.8) is 0 Å². The van der Waals surface area contributed by atoms with Crippen LogP contribution in [0.25, 0.3) is 0 Å². The second kappa shape index (κ2) is 6.96. The van der Waals surface area contributed by atoms with Gasteiger partial charge in [-0.05, 0) is 25.5 Å². The molecule has 1 unspecified atom stereocenters. The third-order valence-electron chi connectivity index (χ3n) is 4.57. The quantitative estimate of drug-likeness (QED) is 0.794. The molecule has 1 aliphatic rings. The maximum Gasteiger partial charge on any atom is 0.267 e. The number of hydrogen-bond donors (Lipinski definition) is 0. The van der Waals surface area contributed by atoms with E-state index in [9.17, 15) is 13.6 Å². The Kier molecular flexibility index (Phi) is 4.90. The summed E-state index contributed by atoms with van der Waals surface area (Å²) in [5, 5.41) is 0. The molecule has 1 fully saturated rings. The molecule has 0 saturated carbocycles. The Bertz CT molecular complexity index is 765. The topological polar surface area (TPSA) is 46.1 Å². The van der Waals surface area contributed by atoms with Crippen LogP contribution in [-0.2, 0) is 6.54 Å². The number of aryl methyl sites for hydroxylation is 1. The van der Waals surface area contributed by atoms with Crippen LogP contribution >= 0.6 is 0 Å². The van der Waals surface area contributed by atoms with E-state index in [0.29, 0.717) is 18.9 Å². The first kappa shape index (κ1) is 17.6. The number of carbonyl (C=O) groups is 1. The Hall–Kier alpha value is -2.21. The molecule has 1 atom stereocenters. The molecular weight excluding hydrogens is 324 g/mol. The summed E-state index contributed by atoms with van der Waals surface area (Å²) < 4.78 is 29.7. The minimum Gasteiger partial charge on any atom is -0.293 e. The molecule has 0 bridgehead atoms. The summed E-state index contributed by atoms with van der Waals surface area (Å²) >= 11 is 0. The number of nitrogens with zero attached hydrogens (tertiary/aromatic N) is 3. The average Bonchev–Trinajstić information content (AvgIpc) is 2.55. The van der Waals surface area contributed by atoms with Crippen LogP contribution in [-0.4, -0.2) is 39.7 Å². The van der Waals surface area contributed by atoms with E-state index in [1.165, 1.54) is 13.1 Å². The second-order valence-corrected chi connectivity index (χ2v) is 6.58. The first-order valence-corrected chi connectivity index (χ1v) is 8.35. The van der Waals surface area contributed by atoms with Gasteiger partial charge in [0.2, 0.25) is 0 Å². The van der Waals surface area contributed by atoms with Crippen LogP contribution < -0.4 is 0 Å². The van der Waals surface area contributed by atoms with E-state index < -0.39 is 11.8 Å². The molecule has 1 aliphatic heterocycles. The molecule has 2 aromatic rings. The lowest BCUT2D eigenvalue weighted by Gasteiger charge is -2.38. The number of aromatic nitrogens is 2. The molecule has 6 heteroatoms. The molecule has 25 heavy (non-hydrogen) atoms. The molecular formula is C19H21F2N3O. The molecule has 0 N–H and O–H groups in total. The number of piperidine rings is 1. The van der Waals surface area contributed by atoms with Crippen LogP contribution in [0.15, 0.2) is 36.5 Å². The number of likely N-dealkylation sites (tertiary alicyclic amines) is 1. The van der Waals surface area contributed by atoms with Crippen LogP contribution in [0.2, 0.25) is 0 Å². The van der Waals surface area contributed by atoms with Gasteiger partial charge in [0.05, 0.1) is 12.5 Å². The summed E-state index contributed by atoms with van der Waals surface area (Å²) in [4.78, 5) is 21.7. The van der Waals surface area contributed by atoms with E-state index in [-0.39, 0.29) is 30.0 Å². The maximum absolute atomic E-state index is 14.8. The Labute approximate surface area is 145 Å². The molecule has 132 valence electrons. The molecule has 0 spiro atoms. The molecule has 2 heterocycles. The predicted molar refractivity (Wildman–Crippen MR) is 90.8 cm³/mol. The standard InChI is InChI=1S/C19H21F2N3O/c1-13(25)18-16(10-22-14(2)23-18)17-8-9-24(12-19(17,20)21)11-15-6-4-3-5-7-15/h3-7,10,17H,8-9,11-12H2,1-2H3. The highest BCUT2D eigenvalue weighted by Crippen LogP contribution is 2.41. The van der Waals surface area contributed by atoms with E-state index in [1.807, 2.05) is 30.3 Å². The fourth-order valence-electron chi connectivity index (χ4n) is 3.39. The second-order valence-electron chi connectivity index (χ2n) is 6.58. The number of ketones is 1. The largest absolute Gasteiger partial charge is 0.293 e. The zero-order valence-electron chi connectivity index (χ0n) is 14.4. The average molecular weight is 345 g/mol. The van der Waals surface area contributed by atoms with Crippen molar-refractivity contribution in [1.29, 1.82) is 0 Å². The fourth-order valence-corrected chi connectivity index (χ4v) is 3.39. The summed E-state index contributed by atoms with van der Waals surface area (Å²) in [7, 11) is 0. The van der Waals surface area contributed by atoms with E-state index in [1.54, 1.807) is 11.8 Å². The molecule has 1 saturated heterocycles. The monoisotopic (exact) mass is 345 g/mol. The molecule has 1 aromatic heterocycles. The van der Waals surface area contributed by atoms with Crippen LogP contribution in [0.5, 0.6) is 0 Å². The summed E-state index contributed by atoms with van der Waals surface area (Å²) in [6, 6.07) is 9.59. The van der Waals surface area contributed by atoms with Gasteiger partial charge in [-0.1, -0.05) is 30.3 Å². The number of rotatable bonds is 4. The van der Waals surface area contributed by atoms with Crippen molar-refractivity contribution in [1.82, 2.24) is 14.9 Å². The number of hydrogen-bond acceptors (Lipinski definition) is 4. The highest BCUT2D eigenvalue weighted by molar-refractivity contribution is 5.93. The number of benzene rings is 1. The lowest BCUT2D eigenvalue weighted by Crippen LogP contribution is -2.47. The van der Waals surface area contributed by atoms with Gasteiger partial charge in [0, 0.05) is 25.2 Å². The lowest BCUT2D eigenvalue weighted by atomic mass is 9.85. The van der Waals surface area contributed by atoms with Crippen molar-refractivity contribution >= 4 is 5.78 Å². The highest BCUT2D eigenvalue weighted by atomic mass is 19.3. The van der Waals surface area contributed by atoms with Gasteiger partial charge in [-0.2, -0.15) is 0 Å². The van der Waals surface area contributed by atoms with Gasteiger partial charge in [0.15, 0.2) is 5.78 Å². The predicted octanol–water partition coefficient (Wildman–Crippen LogP) is 3.61. The van der Waals surface area contributed by atoms with Gasteiger partial charge in [0.25, 0.3) is 5.92 Å². The smallest absolute Gasteiger partial charge is 0.267 e. The van der Waals surface area contributed by atoms with Crippen molar-refractivity contribution in [3.05, 3.63) is 59.2 Å². The number of halogens is 2. The van der Waals surface area contributed by atoms with E-state index >= 15 is 0 Å². The number of alkyl halides is 2. The van der Waals surface area contributed by atoms with E-state index in [2.05, 4.69) is 9.97 Å². The van der Waals surface area contributed by atoms with E-state index in [4.69, 9.17) is 0 Å². The summed E-state index contributed by atoms with van der Waals surface area (Å²) in [5.41, 5.74) is 1.40. The van der Waals surface area contributed by atoms with Gasteiger partial charge in [-0.25, -0.2) is 18.7 Å². The summed E-state index contributed by atoms with van der Waals surface area (Å²) in [6.07, 6.45) is 1.66. The Morgan fingerprint density at radius 3 is 2.68 bits per heavy atom. The molecule has 0 radical (unpaired) electrons. The summed E-state index contributed by atoms with van der Waals surface area (Å²) in [5.74, 6) is -3.85. The zero-order valence-corrected chi connectivity index (χ0v) is 14.4. The third-order valence-corrected chi connectivity index (χ3v) is 4.57. The lowest BCUT2D eigenvalue weighted by molar-refractivity contribution is -0.0850. The fraction of sp³-hybridized carbons (Fsp3) is 0.421. The minimum atomic E-state index is -2.93. The van der Waals surface area contributed by atoms with Crippen LogP contribution in [0, 0.1) is 6.92 Å². The Morgan fingerprint density at radius 2 is 2.04 bits per heavy atom. The molecule has 1 aromatic carbocycles. The normalized spacial score (nSPS) is 20.4.